The van der Waals surface area contributed by atoms with E-state index in [9.17, 15) is 23.5 Å². The highest BCUT2D eigenvalue weighted by molar-refractivity contribution is 5.97. The molecule has 0 aliphatic carbocycles. The van der Waals surface area contributed by atoms with Gasteiger partial charge in [0.2, 0.25) is 5.91 Å². The molecule has 0 saturated heterocycles. The third-order valence-electron chi connectivity index (χ3n) is 5.25. The predicted octanol–water partition coefficient (Wildman–Crippen LogP) is 3.39. The zero-order valence-electron chi connectivity index (χ0n) is 18.5. The van der Waals surface area contributed by atoms with Gasteiger partial charge in [-0.05, 0) is 36.6 Å². The quantitative estimate of drug-likeness (QED) is 0.417. The van der Waals surface area contributed by atoms with Crippen molar-refractivity contribution in [3.05, 3.63) is 83.1 Å². The molecular formula is C24H26F2N4O3. The Kier molecular flexibility index (Phi) is 7.23. The summed E-state index contributed by atoms with van der Waals surface area (Å²) < 4.78 is 26.7. The fourth-order valence-electron chi connectivity index (χ4n) is 3.41. The van der Waals surface area contributed by atoms with Gasteiger partial charge in [-0.25, -0.2) is 8.78 Å². The topological polar surface area (TPSA) is 107 Å². The molecule has 0 aliphatic heterocycles. The standard InChI is InChI=1S/C24H26F2N4O3/c1-14(27-23(33)21(31)16-9-17(25)11-18(26)10-16)22(32)28-20-12-19(29-30-20)24(2,3)13-15-7-5-4-6-8-15/h4-12,14,21,31H,13H2,1-3H3,(H,27,33)(H2,28,29,30,32)/t14-,21-/m0/s1. The van der Waals surface area contributed by atoms with Crippen molar-refractivity contribution >= 4 is 17.6 Å². The van der Waals surface area contributed by atoms with Crippen LogP contribution in [0.2, 0.25) is 0 Å². The van der Waals surface area contributed by atoms with Gasteiger partial charge < -0.3 is 15.7 Å². The average molecular weight is 456 g/mol. The number of hydrogen-bond donors (Lipinski definition) is 4. The molecule has 0 aliphatic rings. The number of carbonyl (C=O) groups is 2. The maximum absolute atomic E-state index is 13.3. The molecule has 3 rings (SSSR count). The summed E-state index contributed by atoms with van der Waals surface area (Å²) in [6.07, 6.45) is -1.07. The Balaban J connectivity index is 1.59. The van der Waals surface area contributed by atoms with Gasteiger partial charge in [0.15, 0.2) is 11.9 Å². The van der Waals surface area contributed by atoms with Crippen LogP contribution in [0.5, 0.6) is 0 Å². The van der Waals surface area contributed by atoms with Gasteiger partial charge in [-0.15, -0.1) is 0 Å². The lowest BCUT2D eigenvalue weighted by atomic mass is 9.83. The number of benzene rings is 2. The summed E-state index contributed by atoms with van der Waals surface area (Å²) in [5.41, 5.74) is 1.45. The second-order valence-electron chi connectivity index (χ2n) is 8.54. The highest BCUT2D eigenvalue weighted by atomic mass is 19.1. The number of nitrogens with one attached hydrogen (secondary N) is 3. The van der Waals surface area contributed by atoms with Gasteiger partial charge in [-0.1, -0.05) is 44.2 Å². The zero-order valence-corrected chi connectivity index (χ0v) is 18.5. The first-order valence-electron chi connectivity index (χ1n) is 10.4. The van der Waals surface area contributed by atoms with Crippen molar-refractivity contribution in [1.29, 1.82) is 0 Å². The minimum Gasteiger partial charge on any atom is -0.378 e. The van der Waals surface area contributed by atoms with Crippen LogP contribution in [-0.2, 0) is 21.4 Å². The van der Waals surface area contributed by atoms with Crippen molar-refractivity contribution in [3.8, 4) is 0 Å². The number of anilines is 1. The minimum atomic E-state index is -1.83. The Morgan fingerprint density at radius 2 is 1.70 bits per heavy atom. The SMILES string of the molecule is C[C@H](NC(=O)[C@@H](O)c1cc(F)cc(F)c1)C(=O)Nc1cc(C(C)(C)Cc2ccccc2)[nH]n1. The number of nitrogens with zero attached hydrogens (tertiary/aromatic N) is 1. The molecule has 33 heavy (non-hydrogen) atoms. The van der Waals surface area contributed by atoms with E-state index in [0.717, 1.165) is 29.8 Å². The predicted molar refractivity (Wildman–Crippen MR) is 119 cm³/mol. The van der Waals surface area contributed by atoms with Crippen molar-refractivity contribution in [1.82, 2.24) is 15.5 Å². The zero-order chi connectivity index (χ0) is 24.2. The van der Waals surface area contributed by atoms with Crippen molar-refractivity contribution in [2.24, 2.45) is 0 Å². The number of aliphatic hydroxyl groups is 1. The molecule has 0 unspecified atom stereocenters. The molecule has 4 N–H and O–H groups in total. The number of aromatic nitrogens is 2. The van der Waals surface area contributed by atoms with Crippen LogP contribution >= 0.6 is 0 Å². The van der Waals surface area contributed by atoms with Gasteiger partial charge >= 0.3 is 0 Å². The van der Waals surface area contributed by atoms with E-state index in [1.54, 1.807) is 6.07 Å². The van der Waals surface area contributed by atoms with E-state index >= 15 is 0 Å². The highest BCUT2D eigenvalue weighted by Crippen LogP contribution is 2.27. The van der Waals surface area contributed by atoms with Gasteiger partial charge in [0.1, 0.15) is 17.7 Å². The summed E-state index contributed by atoms with van der Waals surface area (Å²) in [6, 6.07) is 13.0. The Morgan fingerprint density at radius 1 is 1.06 bits per heavy atom. The molecule has 2 atom stereocenters. The summed E-state index contributed by atoms with van der Waals surface area (Å²) in [5, 5.41) is 22.1. The second kappa shape index (κ2) is 9.91. The van der Waals surface area contributed by atoms with Gasteiger partial charge in [-0.3, -0.25) is 14.7 Å². The van der Waals surface area contributed by atoms with Crippen LogP contribution in [-0.4, -0.2) is 33.2 Å². The fraction of sp³-hybridized carbons (Fsp3) is 0.292. The number of carbonyl (C=O) groups excluding carboxylic acids is 2. The number of rotatable bonds is 8. The number of halogens is 2. The number of aromatic amines is 1. The van der Waals surface area contributed by atoms with Crippen LogP contribution in [0.1, 0.15) is 43.7 Å². The molecule has 7 nitrogen and oxygen atoms in total. The van der Waals surface area contributed by atoms with Crippen LogP contribution in [0, 0.1) is 11.6 Å². The van der Waals surface area contributed by atoms with Crippen LogP contribution in [0.3, 0.4) is 0 Å². The van der Waals surface area contributed by atoms with Crippen LogP contribution in [0.4, 0.5) is 14.6 Å². The number of amides is 2. The monoisotopic (exact) mass is 456 g/mol. The lowest BCUT2D eigenvalue weighted by Gasteiger charge is -2.23. The van der Waals surface area contributed by atoms with E-state index in [2.05, 4.69) is 34.7 Å². The summed E-state index contributed by atoms with van der Waals surface area (Å²) in [6.45, 7) is 5.52. The Labute approximate surface area is 190 Å². The van der Waals surface area contributed by atoms with E-state index in [4.69, 9.17) is 0 Å². The van der Waals surface area contributed by atoms with Gasteiger partial charge in [-0.2, -0.15) is 5.10 Å². The summed E-state index contributed by atoms with van der Waals surface area (Å²) in [5.74, 6) is -3.10. The first-order chi connectivity index (χ1) is 15.5. The minimum absolute atomic E-state index is 0.254. The third-order valence-corrected chi connectivity index (χ3v) is 5.25. The largest absolute Gasteiger partial charge is 0.378 e. The van der Waals surface area contributed by atoms with Crippen LogP contribution in [0.15, 0.2) is 54.6 Å². The Bertz CT molecular complexity index is 1110. The number of H-pyrrole nitrogens is 1. The van der Waals surface area contributed by atoms with Crippen molar-refractivity contribution in [3.63, 3.8) is 0 Å². The first-order valence-corrected chi connectivity index (χ1v) is 10.4. The van der Waals surface area contributed by atoms with Crippen molar-refractivity contribution in [2.45, 2.75) is 44.8 Å². The normalized spacial score (nSPS) is 13.3. The van der Waals surface area contributed by atoms with Gasteiger partial charge in [0, 0.05) is 23.2 Å². The maximum atomic E-state index is 13.3. The van der Waals surface area contributed by atoms with Gasteiger partial charge in [0.05, 0.1) is 0 Å². The molecular weight excluding hydrogens is 430 g/mol. The molecule has 1 aromatic heterocycles. The molecule has 2 amide bonds. The number of aliphatic hydroxyl groups excluding tert-OH is 1. The lowest BCUT2D eigenvalue weighted by Crippen LogP contribution is -2.43. The summed E-state index contributed by atoms with van der Waals surface area (Å²) in [4.78, 5) is 24.7. The molecule has 1 heterocycles. The van der Waals surface area contributed by atoms with Crippen molar-refractivity contribution < 1.29 is 23.5 Å². The Hall–Kier alpha value is -3.59. The second-order valence-corrected chi connectivity index (χ2v) is 8.54. The van der Waals surface area contributed by atoms with E-state index < -0.39 is 35.6 Å². The summed E-state index contributed by atoms with van der Waals surface area (Å²) in [7, 11) is 0. The molecule has 174 valence electrons. The van der Waals surface area contributed by atoms with Crippen LogP contribution < -0.4 is 10.6 Å². The number of hydrogen-bond acceptors (Lipinski definition) is 4. The lowest BCUT2D eigenvalue weighted by molar-refractivity contribution is -0.132. The molecule has 9 heteroatoms. The molecule has 0 spiro atoms. The third kappa shape index (κ3) is 6.23. The van der Waals surface area contributed by atoms with Gasteiger partial charge in [0.25, 0.3) is 5.91 Å². The summed E-state index contributed by atoms with van der Waals surface area (Å²) >= 11 is 0. The van der Waals surface area contributed by atoms with E-state index in [0.29, 0.717) is 6.07 Å². The fourth-order valence-corrected chi connectivity index (χ4v) is 3.41. The first kappa shape index (κ1) is 24.1. The average Bonchev–Trinajstić information content (AvgIpc) is 3.22. The Morgan fingerprint density at radius 3 is 2.33 bits per heavy atom. The molecule has 0 fully saturated rings. The maximum Gasteiger partial charge on any atom is 0.254 e. The van der Waals surface area contributed by atoms with E-state index in [-0.39, 0.29) is 16.8 Å². The molecule has 0 bridgehead atoms. The molecule has 0 radical (unpaired) electrons. The van der Waals surface area contributed by atoms with E-state index in [1.807, 2.05) is 30.3 Å². The highest BCUT2D eigenvalue weighted by Gasteiger charge is 2.26. The molecule has 2 aromatic carbocycles. The smallest absolute Gasteiger partial charge is 0.254 e. The van der Waals surface area contributed by atoms with Crippen LogP contribution in [0.25, 0.3) is 0 Å². The molecule has 3 aromatic rings. The molecule has 0 saturated carbocycles. The van der Waals surface area contributed by atoms with Crippen molar-refractivity contribution in [2.75, 3.05) is 5.32 Å². The van der Waals surface area contributed by atoms with E-state index in [1.165, 1.54) is 6.92 Å².